The summed E-state index contributed by atoms with van der Waals surface area (Å²) < 4.78 is 0. The number of anilines is 1. The van der Waals surface area contributed by atoms with Crippen molar-refractivity contribution in [2.75, 3.05) is 31.1 Å². The number of piperazine rings is 1. The van der Waals surface area contributed by atoms with Crippen molar-refractivity contribution in [3.8, 4) is 0 Å². The third-order valence-corrected chi connectivity index (χ3v) is 4.03. The fourth-order valence-electron chi connectivity index (χ4n) is 2.53. The third-order valence-electron chi connectivity index (χ3n) is 3.77. The first-order valence-electron chi connectivity index (χ1n) is 7.25. The van der Waals surface area contributed by atoms with E-state index in [9.17, 15) is 4.79 Å². The van der Waals surface area contributed by atoms with Crippen LogP contribution in [0.15, 0.2) is 42.9 Å². The van der Waals surface area contributed by atoms with Gasteiger partial charge in [0.25, 0.3) is 0 Å². The van der Waals surface area contributed by atoms with Crippen molar-refractivity contribution in [1.82, 2.24) is 14.9 Å². The number of halogens is 1. The first-order valence-corrected chi connectivity index (χ1v) is 7.63. The smallest absolute Gasteiger partial charge is 0.227 e. The van der Waals surface area contributed by atoms with Crippen LogP contribution in [-0.4, -0.2) is 47.0 Å². The summed E-state index contributed by atoms with van der Waals surface area (Å²) in [5, 5.41) is 0.689. The van der Waals surface area contributed by atoms with Crippen LogP contribution in [-0.2, 0) is 11.2 Å². The van der Waals surface area contributed by atoms with Crippen LogP contribution < -0.4 is 4.90 Å². The first kappa shape index (κ1) is 14.8. The van der Waals surface area contributed by atoms with Crippen LogP contribution in [0.3, 0.4) is 0 Å². The SMILES string of the molecule is O=C(Cc1ccc(Cl)cc1)N1CCN(c2cnccn2)CC1. The Balaban J connectivity index is 1.54. The second-order valence-electron chi connectivity index (χ2n) is 5.23. The van der Waals surface area contributed by atoms with Crippen molar-refractivity contribution in [2.24, 2.45) is 0 Å². The van der Waals surface area contributed by atoms with Gasteiger partial charge in [0.05, 0.1) is 12.6 Å². The van der Waals surface area contributed by atoms with Crippen molar-refractivity contribution >= 4 is 23.3 Å². The van der Waals surface area contributed by atoms with Crippen LogP contribution >= 0.6 is 11.6 Å². The molecular weight excluding hydrogens is 300 g/mol. The molecule has 0 atom stereocenters. The molecule has 0 N–H and O–H groups in total. The zero-order chi connectivity index (χ0) is 15.4. The van der Waals surface area contributed by atoms with Gasteiger partial charge in [0.1, 0.15) is 5.82 Å². The van der Waals surface area contributed by atoms with E-state index in [0.29, 0.717) is 24.5 Å². The minimum Gasteiger partial charge on any atom is -0.352 e. The molecule has 1 aromatic carbocycles. The second-order valence-corrected chi connectivity index (χ2v) is 5.67. The predicted molar refractivity (Wildman–Crippen MR) is 86.0 cm³/mol. The maximum atomic E-state index is 12.3. The Bertz CT molecular complexity index is 624. The molecule has 1 amide bonds. The van der Waals surface area contributed by atoms with Gasteiger partial charge in [-0.1, -0.05) is 23.7 Å². The van der Waals surface area contributed by atoms with E-state index in [1.165, 1.54) is 0 Å². The molecule has 1 saturated heterocycles. The molecule has 6 heteroatoms. The highest BCUT2D eigenvalue weighted by Gasteiger charge is 2.21. The van der Waals surface area contributed by atoms with Gasteiger partial charge in [-0.25, -0.2) is 4.98 Å². The van der Waals surface area contributed by atoms with Crippen molar-refractivity contribution < 1.29 is 4.79 Å². The molecule has 1 fully saturated rings. The fraction of sp³-hybridized carbons (Fsp3) is 0.312. The molecule has 1 aliphatic heterocycles. The Kier molecular flexibility index (Phi) is 4.53. The molecule has 3 rings (SSSR count). The molecule has 1 aliphatic rings. The summed E-state index contributed by atoms with van der Waals surface area (Å²) in [4.78, 5) is 24.8. The van der Waals surface area contributed by atoms with Gasteiger partial charge >= 0.3 is 0 Å². The molecule has 5 nitrogen and oxygen atoms in total. The Morgan fingerprint density at radius 2 is 1.82 bits per heavy atom. The summed E-state index contributed by atoms with van der Waals surface area (Å²) in [5.74, 6) is 1.02. The standard InChI is InChI=1S/C16H17ClN4O/c17-14-3-1-13(2-4-14)11-16(22)21-9-7-20(8-10-21)15-12-18-5-6-19-15/h1-6,12H,7-11H2. The summed E-state index contributed by atoms with van der Waals surface area (Å²) in [7, 11) is 0. The molecular formula is C16H17ClN4O. The molecule has 0 aliphatic carbocycles. The number of rotatable bonds is 3. The molecule has 0 saturated carbocycles. The lowest BCUT2D eigenvalue weighted by Crippen LogP contribution is -2.49. The van der Waals surface area contributed by atoms with Crippen molar-refractivity contribution in [3.63, 3.8) is 0 Å². The quantitative estimate of drug-likeness (QED) is 0.869. The van der Waals surface area contributed by atoms with Crippen LogP contribution in [0.5, 0.6) is 0 Å². The van der Waals surface area contributed by atoms with Gasteiger partial charge in [-0.3, -0.25) is 9.78 Å². The van der Waals surface area contributed by atoms with Gasteiger partial charge in [0.2, 0.25) is 5.91 Å². The van der Waals surface area contributed by atoms with E-state index in [-0.39, 0.29) is 5.91 Å². The van der Waals surface area contributed by atoms with Crippen molar-refractivity contribution in [1.29, 1.82) is 0 Å². The number of hydrogen-bond donors (Lipinski definition) is 0. The van der Waals surface area contributed by atoms with Gasteiger partial charge in [0.15, 0.2) is 0 Å². The molecule has 0 radical (unpaired) electrons. The topological polar surface area (TPSA) is 49.3 Å². The van der Waals surface area contributed by atoms with Crippen LogP contribution in [0.2, 0.25) is 5.02 Å². The Labute approximate surface area is 134 Å². The average molecular weight is 317 g/mol. The van der Waals surface area contributed by atoms with E-state index in [1.54, 1.807) is 18.6 Å². The lowest BCUT2D eigenvalue weighted by molar-refractivity contribution is -0.130. The van der Waals surface area contributed by atoms with Crippen LogP contribution in [0, 0.1) is 0 Å². The molecule has 0 spiro atoms. The second kappa shape index (κ2) is 6.75. The van der Waals surface area contributed by atoms with Gasteiger partial charge in [-0.2, -0.15) is 0 Å². The van der Waals surface area contributed by atoms with Crippen LogP contribution in [0.4, 0.5) is 5.82 Å². The summed E-state index contributed by atoms with van der Waals surface area (Å²) in [6.07, 6.45) is 5.52. The largest absolute Gasteiger partial charge is 0.352 e. The van der Waals surface area contributed by atoms with Crippen molar-refractivity contribution in [3.05, 3.63) is 53.4 Å². The summed E-state index contributed by atoms with van der Waals surface area (Å²) in [5.41, 5.74) is 0.991. The average Bonchev–Trinajstić information content (AvgIpc) is 2.58. The minimum atomic E-state index is 0.154. The van der Waals surface area contributed by atoms with Gasteiger partial charge in [-0.15, -0.1) is 0 Å². The first-order chi connectivity index (χ1) is 10.7. The van der Waals surface area contributed by atoms with E-state index < -0.39 is 0 Å². The molecule has 2 aromatic rings. The number of carbonyl (C=O) groups excluding carboxylic acids is 1. The Morgan fingerprint density at radius 3 is 2.45 bits per heavy atom. The van der Waals surface area contributed by atoms with Gasteiger partial charge in [0, 0.05) is 43.6 Å². The Morgan fingerprint density at radius 1 is 1.09 bits per heavy atom. The lowest BCUT2D eigenvalue weighted by Gasteiger charge is -2.35. The van der Waals surface area contributed by atoms with E-state index in [4.69, 9.17) is 11.6 Å². The zero-order valence-electron chi connectivity index (χ0n) is 12.2. The predicted octanol–water partition coefficient (Wildman–Crippen LogP) is 2.02. The summed E-state index contributed by atoms with van der Waals surface area (Å²) in [6.45, 7) is 2.99. The normalized spacial score (nSPS) is 15.0. The lowest BCUT2D eigenvalue weighted by atomic mass is 10.1. The van der Waals surface area contributed by atoms with Gasteiger partial charge < -0.3 is 9.80 Å². The highest BCUT2D eigenvalue weighted by Crippen LogP contribution is 2.14. The fourth-order valence-corrected chi connectivity index (χ4v) is 2.65. The monoisotopic (exact) mass is 316 g/mol. The van der Waals surface area contributed by atoms with E-state index in [1.807, 2.05) is 29.2 Å². The van der Waals surface area contributed by atoms with E-state index in [0.717, 1.165) is 24.5 Å². The minimum absolute atomic E-state index is 0.154. The van der Waals surface area contributed by atoms with Crippen molar-refractivity contribution in [2.45, 2.75) is 6.42 Å². The summed E-state index contributed by atoms with van der Waals surface area (Å²) >= 11 is 5.86. The maximum absolute atomic E-state index is 12.3. The highest BCUT2D eigenvalue weighted by atomic mass is 35.5. The number of nitrogens with zero attached hydrogens (tertiary/aromatic N) is 4. The van der Waals surface area contributed by atoms with Crippen LogP contribution in [0.1, 0.15) is 5.56 Å². The molecule has 1 aromatic heterocycles. The number of amides is 1. The molecule has 114 valence electrons. The number of aromatic nitrogens is 2. The van der Waals surface area contributed by atoms with E-state index in [2.05, 4.69) is 14.9 Å². The van der Waals surface area contributed by atoms with Gasteiger partial charge in [-0.05, 0) is 17.7 Å². The third kappa shape index (κ3) is 3.54. The maximum Gasteiger partial charge on any atom is 0.227 e. The number of carbonyl (C=O) groups is 1. The highest BCUT2D eigenvalue weighted by molar-refractivity contribution is 6.30. The number of hydrogen-bond acceptors (Lipinski definition) is 4. The summed E-state index contributed by atoms with van der Waals surface area (Å²) in [6, 6.07) is 7.43. The van der Waals surface area contributed by atoms with E-state index >= 15 is 0 Å². The molecule has 22 heavy (non-hydrogen) atoms. The molecule has 0 bridgehead atoms. The van der Waals surface area contributed by atoms with Crippen LogP contribution in [0.25, 0.3) is 0 Å². The molecule has 0 unspecified atom stereocenters. The Hall–Kier alpha value is -2.14. The molecule has 2 heterocycles. The zero-order valence-corrected chi connectivity index (χ0v) is 12.9. The number of benzene rings is 1.